The van der Waals surface area contributed by atoms with Crippen molar-refractivity contribution in [3.8, 4) is 17.2 Å². The molecule has 2 aromatic carbocycles. The van der Waals surface area contributed by atoms with Gasteiger partial charge in [-0.2, -0.15) is 0 Å². The highest BCUT2D eigenvalue weighted by atomic mass is 35.5. The highest BCUT2D eigenvalue weighted by Crippen LogP contribution is 2.47. The lowest BCUT2D eigenvalue weighted by Crippen LogP contribution is -2.65. The molecule has 0 spiro atoms. The normalized spacial score (nSPS) is 25.9. The van der Waals surface area contributed by atoms with Gasteiger partial charge >= 0.3 is 6.03 Å². The molecule has 2 aromatic rings. The van der Waals surface area contributed by atoms with Crippen LogP contribution in [0.25, 0.3) is 0 Å². The van der Waals surface area contributed by atoms with Crippen LogP contribution in [0.5, 0.6) is 17.2 Å². The first kappa shape index (κ1) is 14.7. The fourth-order valence-electron chi connectivity index (χ4n) is 3.76. The van der Waals surface area contributed by atoms with E-state index in [1.807, 2.05) is 25.1 Å². The van der Waals surface area contributed by atoms with Gasteiger partial charge in [-0.15, -0.1) is 0 Å². The second-order valence-electron chi connectivity index (χ2n) is 6.54. The van der Waals surface area contributed by atoms with E-state index < -0.39 is 5.72 Å². The van der Waals surface area contributed by atoms with Crippen LogP contribution in [0.2, 0.25) is 5.02 Å². The topological polar surface area (TPSA) is 60.0 Å². The third kappa shape index (κ3) is 2.14. The summed E-state index contributed by atoms with van der Waals surface area (Å²) >= 11 is 6.10. The van der Waals surface area contributed by atoms with E-state index in [1.165, 1.54) is 0 Å². The SMILES string of the molecule is CC12CC(NC(=O)N1c1ccc3c(c1)OCO3)c1cc(Cl)ccc1O2. The summed E-state index contributed by atoms with van der Waals surface area (Å²) < 4.78 is 17.0. The standard InChI is InChI=1S/C18H15ClN2O4/c1-18-8-13(12-6-10(19)2-4-14(12)25-18)20-17(22)21(18)11-3-5-15-16(7-11)24-9-23-15/h2-7,13H,8-9H2,1H3,(H,20,22). The van der Waals surface area contributed by atoms with Gasteiger partial charge in [-0.05, 0) is 37.3 Å². The third-order valence-corrected chi connectivity index (χ3v) is 5.08. The Balaban J connectivity index is 1.58. The van der Waals surface area contributed by atoms with E-state index in [-0.39, 0.29) is 18.9 Å². The highest BCUT2D eigenvalue weighted by molar-refractivity contribution is 6.30. The van der Waals surface area contributed by atoms with E-state index in [9.17, 15) is 4.79 Å². The Morgan fingerprint density at radius 1 is 1.16 bits per heavy atom. The molecule has 25 heavy (non-hydrogen) atoms. The minimum Gasteiger partial charge on any atom is -0.467 e. The average Bonchev–Trinajstić information content (AvgIpc) is 3.03. The molecule has 2 unspecified atom stereocenters. The molecule has 128 valence electrons. The molecule has 2 bridgehead atoms. The van der Waals surface area contributed by atoms with Gasteiger partial charge in [0.25, 0.3) is 0 Å². The molecule has 2 atom stereocenters. The van der Waals surface area contributed by atoms with Crippen molar-refractivity contribution < 1.29 is 19.0 Å². The zero-order valence-electron chi connectivity index (χ0n) is 13.4. The third-order valence-electron chi connectivity index (χ3n) is 4.85. The number of anilines is 1. The Bertz CT molecular complexity index is 903. The summed E-state index contributed by atoms with van der Waals surface area (Å²) in [7, 11) is 0. The van der Waals surface area contributed by atoms with E-state index in [1.54, 1.807) is 23.1 Å². The van der Waals surface area contributed by atoms with Crippen molar-refractivity contribution in [2.75, 3.05) is 11.7 Å². The lowest BCUT2D eigenvalue weighted by Gasteiger charge is -2.50. The molecule has 1 N–H and O–H groups in total. The van der Waals surface area contributed by atoms with Gasteiger partial charge in [0, 0.05) is 23.1 Å². The molecule has 0 aliphatic carbocycles. The first-order chi connectivity index (χ1) is 12.0. The molecule has 0 radical (unpaired) electrons. The maximum Gasteiger partial charge on any atom is 0.325 e. The van der Waals surface area contributed by atoms with Gasteiger partial charge in [0.05, 0.1) is 11.7 Å². The largest absolute Gasteiger partial charge is 0.467 e. The molecule has 3 aliphatic rings. The predicted octanol–water partition coefficient (Wildman–Crippen LogP) is 3.84. The van der Waals surface area contributed by atoms with Crippen molar-refractivity contribution in [3.05, 3.63) is 47.0 Å². The summed E-state index contributed by atoms with van der Waals surface area (Å²) in [5.41, 5.74) is 0.797. The first-order valence-electron chi connectivity index (χ1n) is 8.02. The molecule has 0 saturated carbocycles. The number of ether oxygens (including phenoxy) is 3. The highest BCUT2D eigenvalue weighted by Gasteiger charge is 2.50. The van der Waals surface area contributed by atoms with Gasteiger partial charge in [-0.1, -0.05) is 11.6 Å². The van der Waals surface area contributed by atoms with Crippen molar-refractivity contribution >= 4 is 23.3 Å². The molecule has 2 amide bonds. The molecular formula is C18H15ClN2O4. The van der Waals surface area contributed by atoms with E-state index in [0.717, 1.165) is 11.3 Å². The fourth-order valence-corrected chi connectivity index (χ4v) is 3.94. The van der Waals surface area contributed by atoms with E-state index in [0.29, 0.717) is 28.6 Å². The molecule has 6 nitrogen and oxygen atoms in total. The molecule has 3 aliphatic heterocycles. The number of urea groups is 1. The minimum absolute atomic E-state index is 0.134. The number of carbonyl (C=O) groups is 1. The summed E-state index contributed by atoms with van der Waals surface area (Å²) in [6.07, 6.45) is 0.612. The lowest BCUT2D eigenvalue weighted by atomic mass is 9.90. The molecule has 7 heteroatoms. The van der Waals surface area contributed by atoms with Crippen LogP contribution in [0.15, 0.2) is 36.4 Å². The Kier molecular flexibility index (Phi) is 2.92. The Labute approximate surface area is 149 Å². The quantitative estimate of drug-likeness (QED) is 0.841. The Morgan fingerprint density at radius 3 is 2.84 bits per heavy atom. The van der Waals surface area contributed by atoms with Crippen LogP contribution in [0, 0.1) is 0 Å². The predicted molar refractivity (Wildman–Crippen MR) is 91.4 cm³/mol. The molecule has 1 fully saturated rings. The van der Waals surface area contributed by atoms with E-state index >= 15 is 0 Å². The summed E-state index contributed by atoms with van der Waals surface area (Å²) in [5.74, 6) is 2.03. The van der Waals surface area contributed by atoms with Crippen LogP contribution in [-0.2, 0) is 0 Å². The van der Waals surface area contributed by atoms with Gasteiger partial charge in [-0.3, -0.25) is 4.90 Å². The first-order valence-corrected chi connectivity index (χ1v) is 8.40. The maximum atomic E-state index is 12.8. The van der Waals surface area contributed by atoms with Gasteiger partial charge < -0.3 is 19.5 Å². The summed E-state index contributed by atoms with van der Waals surface area (Å²) in [5, 5.41) is 3.67. The zero-order valence-corrected chi connectivity index (χ0v) is 14.2. The number of benzene rings is 2. The molecular weight excluding hydrogens is 344 g/mol. The molecule has 1 saturated heterocycles. The number of halogens is 1. The van der Waals surface area contributed by atoms with Gasteiger partial charge in [0.2, 0.25) is 6.79 Å². The van der Waals surface area contributed by atoms with E-state index in [2.05, 4.69) is 5.32 Å². The van der Waals surface area contributed by atoms with Crippen LogP contribution >= 0.6 is 11.6 Å². The molecule has 5 rings (SSSR count). The zero-order chi connectivity index (χ0) is 17.2. The van der Waals surface area contributed by atoms with Crippen LogP contribution in [-0.4, -0.2) is 18.5 Å². The number of hydrogen-bond acceptors (Lipinski definition) is 4. The summed E-state index contributed by atoms with van der Waals surface area (Å²) in [6.45, 7) is 2.11. The number of nitrogens with one attached hydrogen (secondary N) is 1. The molecule has 3 heterocycles. The lowest BCUT2D eigenvalue weighted by molar-refractivity contribution is 0.0378. The number of rotatable bonds is 1. The second kappa shape index (κ2) is 4.95. The Hall–Kier alpha value is -2.60. The van der Waals surface area contributed by atoms with Gasteiger partial charge in [-0.25, -0.2) is 4.79 Å². The number of amides is 2. The van der Waals surface area contributed by atoms with Crippen molar-refractivity contribution in [1.82, 2.24) is 5.32 Å². The second-order valence-corrected chi connectivity index (χ2v) is 6.97. The van der Waals surface area contributed by atoms with Crippen molar-refractivity contribution in [1.29, 1.82) is 0 Å². The average molecular weight is 359 g/mol. The number of hydrogen-bond donors (Lipinski definition) is 1. The fraction of sp³-hybridized carbons (Fsp3) is 0.278. The summed E-state index contributed by atoms with van der Waals surface area (Å²) in [4.78, 5) is 14.5. The maximum absolute atomic E-state index is 12.8. The van der Waals surface area contributed by atoms with Crippen LogP contribution < -0.4 is 24.4 Å². The van der Waals surface area contributed by atoms with Crippen LogP contribution in [0.4, 0.5) is 10.5 Å². The number of carbonyl (C=O) groups excluding carboxylic acids is 1. The van der Waals surface area contributed by atoms with Crippen molar-refractivity contribution in [3.63, 3.8) is 0 Å². The van der Waals surface area contributed by atoms with Crippen LogP contribution in [0.1, 0.15) is 24.9 Å². The Morgan fingerprint density at radius 2 is 1.96 bits per heavy atom. The van der Waals surface area contributed by atoms with Crippen molar-refractivity contribution in [2.24, 2.45) is 0 Å². The monoisotopic (exact) mass is 358 g/mol. The smallest absolute Gasteiger partial charge is 0.325 e. The number of fused-ring (bicyclic) bond motifs is 5. The van der Waals surface area contributed by atoms with Crippen molar-refractivity contribution in [2.45, 2.75) is 25.1 Å². The number of nitrogens with zero attached hydrogens (tertiary/aromatic N) is 1. The minimum atomic E-state index is -0.804. The van der Waals surface area contributed by atoms with Gasteiger partial charge in [0.15, 0.2) is 17.2 Å². The molecule has 0 aromatic heterocycles. The van der Waals surface area contributed by atoms with E-state index in [4.69, 9.17) is 25.8 Å². The summed E-state index contributed by atoms with van der Waals surface area (Å²) in [6, 6.07) is 10.6. The van der Waals surface area contributed by atoms with Crippen LogP contribution in [0.3, 0.4) is 0 Å². The van der Waals surface area contributed by atoms with Gasteiger partial charge in [0.1, 0.15) is 5.75 Å².